The van der Waals surface area contributed by atoms with Crippen LogP contribution < -0.4 is 15.5 Å². The summed E-state index contributed by atoms with van der Waals surface area (Å²) in [7, 11) is 0. The molecule has 3 amide bonds. The van der Waals surface area contributed by atoms with Crippen molar-refractivity contribution in [1.82, 2.24) is 20.5 Å². The van der Waals surface area contributed by atoms with Crippen molar-refractivity contribution in [2.24, 2.45) is 0 Å². The van der Waals surface area contributed by atoms with E-state index in [0.29, 0.717) is 57.7 Å². The van der Waals surface area contributed by atoms with Gasteiger partial charge in [0.25, 0.3) is 0 Å². The Morgan fingerprint density at radius 1 is 1.03 bits per heavy atom. The average molecular weight is 532 g/mol. The third-order valence-corrected chi connectivity index (χ3v) is 6.24. The van der Waals surface area contributed by atoms with E-state index in [-0.39, 0.29) is 24.1 Å². The lowest BCUT2D eigenvalue weighted by atomic mass is 10.1. The molecule has 2 aromatic rings. The van der Waals surface area contributed by atoms with Gasteiger partial charge in [-0.15, -0.1) is 0 Å². The summed E-state index contributed by atoms with van der Waals surface area (Å²) in [6, 6.07) is 10.8. The number of pyridine rings is 1. The molecule has 1 saturated heterocycles. The molecule has 3 rings (SSSR count). The zero-order valence-corrected chi connectivity index (χ0v) is 21.0. The first-order chi connectivity index (χ1) is 18.2. The van der Waals surface area contributed by atoms with Crippen LogP contribution in [-0.2, 0) is 27.0 Å². The largest absolute Gasteiger partial charge is 0.433 e. The molecule has 1 aliphatic rings. The Balaban J connectivity index is 1.57. The van der Waals surface area contributed by atoms with Crippen LogP contribution in [0.2, 0.25) is 0 Å². The summed E-state index contributed by atoms with van der Waals surface area (Å²) in [5.41, 5.74) is 0.440. The second-order valence-corrected chi connectivity index (χ2v) is 8.99. The molecule has 0 spiro atoms. The van der Waals surface area contributed by atoms with Gasteiger partial charge in [0.15, 0.2) is 0 Å². The molecule has 1 atom stereocenters. The number of hydrogen-bond donors (Lipinski definition) is 2. The van der Waals surface area contributed by atoms with Crippen molar-refractivity contribution >= 4 is 23.4 Å². The summed E-state index contributed by atoms with van der Waals surface area (Å²) in [5.74, 6) is -0.731. The Hall–Kier alpha value is -3.89. The molecular weight excluding hydrogens is 499 g/mol. The number of halogens is 3. The molecule has 1 fully saturated rings. The standard InChI is InChI=1S/C27H32F3N5O3/c1-2-24(36)31-13-7-6-10-22(33-25(37)18-20-8-4-3-5-9-20)26(38)35-16-14-34(15-17-35)21-11-12-23(32-19-21)27(28,29)30/h2-5,8-9,11-12,19,22H,1,6-7,10,13-18H2,(H,31,36)(H,33,37). The highest BCUT2D eigenvalue weighted by Gasteiger charge is 2.33. The number of aromatic nitrogens is 1. The molecule has 1 aromatic carbocycles. The van der Waals surface area contributed by atoms with Gasteiger partial charge >= 0.3 is 6.18 Å². The fourth-order valence-corrected chi connectivity index (χ4v) is 4.19. The molecule has 1 unspecified atom stereocenters. The van der Waals surface area contributed by atoms with Gasteiger partial charge in [-0.25, -0.2) is 4.98 Å². The van der Waals surface area contributed by atoms with E-state index < -0.39 is 17.9 Å². The van der Waals surface area contributed by atoms with Crippen LogP contribution in [0.1, 0.15) is 30.5 Å². The van der Waals surface area contributed by atoms with Gasteiger partial charge in [0.1, 0.15) is 11.7 Å². The van der Waals surface area contributed by atoms with Gasteiger partial charge in [0, 0.05) is 32.7 Å². The Labute approximate surface area is 219 Å². The molecule has 1 aromatic heterocycles. The van der Waals surface area contributed by atoms with E-state index in [4.69, 9.17) is 0 Å². The highest BCUT2D eigenvalue weighted by atomic mass is 19.4. The summed E-state index contributed by atoms with van der Waals surface area (Å²) in [5, 5.41) is 5.56. The van der Waals surface area contributed by atoms with E-state index >= 15 is 0 Å². The van der Waals surface area contributed by atoms with Gasteiger partial charge in [0.2, 0.25) is 17.7 Å². The Morgan fingerprint density at radius 2 is 1.74 bits per heavy atom. The van der Waals surface area contributed by atoms with Crippen LogP contribution in [0, 0.1) is 0 Å². The molecule has 8 nitrogen and oxygen atoms in total. The first kappa shape index (κ1) is 28.7. The lowest BCUT2D eigenvalue weighted by Gasteiger charge is -2.37. The van der Waals surface area contributed by atoms with Crippen LogP contribution >= 0.6 is 0 Å². The average Bonchev–Trinajstić information content (AvgIpc) is 2.92. The minimum Gasteiger partial charge on any atom is -0.367 e. The van der Waals surface area contributed by atoms with Gasteiger partial charge < -0.3 is 20.4 Å². The molecule has 0 bridgehead atoms. The Morgan fingerprint density at radius 3 is 2.34 bits per heavy atom. The van der Waals surface area contributed by atoms with Gasteiger partial charge in [-0.3, -0.25) is 14.4 Å². The molecule has 11 heteroatoms. The molecular formula is C27H32F3N5O3. The third-order valence-electron chi connectivity index (χ3n) is 6.24. The van der Waals surface area contributed by atoms with Crippen LogP contribution in [0.4, 0.5) is 18.9 Å². The number of amides is 3. The highest BCUT2D eigenvalue weighted by Crippen LogP contribution is 2.28. The summed E-state index contributed by atoms with van der Waals surface area (Å²) >= 11 is 0. The number of nitrogens with zero attached hydrogens (tertiary/aromatic N) is 3. The predicted octanol–water partition coefficient (Wildman–Crippen LogP) is 2.95. The van der Waals surface area contributed by atoms with Crippen molar-refractivity contribution in [2.45, 2.75) is 37.9 Å². The van der Waals surface area contributed by atoms with E-state index in [1.165, 1.54) is 18.3 Å². The molecule has 1 aliphatic heterocycles. The van der Waals surface area contributed by atoms with Crippen molar-refractivity contribution < 1.29 is 27.6 Å². The molecule has 2 N–H and O–H groups in total. The summed E-state index contributed by atoms with van der Waals surface area (Å²) in [6.07, 6.45) is -0.320. The SMILES string of the molecule is C=CC(=O)NCCCCC(NC(=O)Cc1ccccc1)C(=O)N1CCN(c2ccc(C(F)(F)F)nc2)CC1. The molecule has 0 aliphatic carbocycles. The topological polar surface area (TPSA) is 94.6 Å². The second kappa shape index (κ2) is 13.6. The number of alkyl halides is 3. The van der Waals surface area contributed by atoms with Crippen molar-refractivity contribution in [2.75, 3.05) is 37.6 Å². The zero-order chi connectivity index (χ0) is 27.5. The summed E-state index contributed by atoms with van der Waals surface area (Å²) in [6.45, 7) is 5.42. The number of rotatable bonds is 11. The molecule has 2 heterocycles. The van der Waals surface area contributed by atoms with Crippen LogP contribution in [0.15, 0.2) is 61.3 Å². The van der Waals surface area contributed by atoms with Crippen molar-refractivity contribution in [1.29, 1.82) is 0 Å². The maximum Gasteiger partial charge on any atom is 0.433 e. The monoisotopic (exact) mass is 531 g/mol. The number of nitrogens with one attached hydrogen (secondary N) is 2. The van der Waals surface area contributed by atoms with Crippen LogP contribution in [-0.4, -0.2) is 66.4 Å². The van der Waals surface area contributed by atoms with E-state index in [1.807, 2.05) is 35.2 Å². The van der Waals surface area contributed by atoms with Crippen molar-refractivity contribution in [3.8, 4) is 0 Å². The van der Waals surface area contributed by atoms with Gasteiger partial charge in [-0.1, -0.05) is 36.9 Å². The predicted molar refractivity (Wildman–Crippen MR) is 137 cm³/mol. The highest BCUT2D eigenvalue weighted by molar-refractivity contribution is 5.88. The lowest BCUT2D eigenvalue weighted by Crippen LogP contribution is -2.55. The minimum atomic E-state index is -4.50. The number of carbonyl (C=O) groups is 3. The van der Waals surface area contributed by atoms with Gasteiger partial charge in [-0.05, 0) is 43.0 Å². The van der Waals surface area contributed by atoms with E-state index in [1.54, 1.807) is 4.90 Å². The molecule has 0 saturated carbocycles. The number of anilines is 1. The number of carbonyl (C=O) groups excluding carboxylic acids is 3. The zero-order valence-electron chi connectivity index (χ0n) is 21.0. The van der Waals surface area contributed by atoms with E-state index in [9.17, 15) is 27.6 Å². The van der Waals surface area contributed by atoms with Crippen molar-refractivity contribution in [3.63, 3.8) is 0 Å². The Bertz CT molecular complexity index is 1090. The molecule has 38 heavy (non-hydrogen) atoms. The van der Waals surface area contributed by atoms with Crippen LogP contribution in [0.3, 0.4) is 0 Å². The van der Waals surface area contributed by atoms with Crippen LogP contribution in [0.5, 0.6) is 0 Å². The molecule has 204 valence electrons. The maximum atomic E-state index is 13.4. The second-order valence-electron chi connectivity index (χ2n) is 8.99. The smallest absolute Gasteiger partial charge is 0.367 e. The van der Waals surface area contributed by atoms with Crippen LogP contribution in [0.25, 0.3) is 0 Å². The quantitative estimate of drug-likeness (QED) is 0.344. The van der Waals surface area contributed by atoms with Crippen molar-refractivity contribution in [3.05, 3.63) is 72.6 Å². The van der Waals surface area contributed by atoms with Gasteiger partial charge in [0.05, 0.1) is 18.3 Å². The first-order valence-corrected chi connectivity index (χ1v) is 12.5. The number of piperazine rings is 1. The fraction of sp³-hybridized carbons (Fsp3) is 0.407. The minimum absolute atomic E-state index is 0.148. The summed E-state index contributed by atoms with van der Waals surface area (Å²) < 4.78 is 38.4. The number of hydrogen-bond acceptors (Lipinski definition) is 5. The maximum absolute atomic E-state index is 13.4. The fourth-order valence-electron chi connectivity index (χ4n) is 4.19. The third kappa shape index (κ3) is 8.60. The number of unbranched alkanes of at least 4 members (excludes halogenated alkanes) is 1. The Kier molecular flexibility index (Phi) is 10.3. The van der Waals surface area contributed by atoms with E-state index in [0.717, 1.165) is 11.6 Å². The number of benzene rings is 1. The summed E-state index contributed by atoms with van der Waals surface area (Å²) in [4.78, 5) is 44.5. The van der Waals surface area contributed by atoms with E-state index in [2.05, 4.69) is 22.2 Å². The lowest BCUT2D eigenvalue weighted by molar-refractivity contribution is -0.141. The molecule has 0 radical (unpaired) electrons. The van der Waals surface area contributed by atoms with Gasteiger partial charge in [-0.2, -0.15) is 13.2 Å². The normalized spacial score (nSPS) is 14.5. The first-order valence-electron chi connectivity index (χ1n) is 12.5.